The van der Waals surface area contributed by atoms with Crippen LogP contribution in [-0.2, 0) is 0 Å². The van der Waals surface area contributed by atoms with Gasteiger partial charge in [-0.1, -0.05) is 0 Å². The minimum atomic E-state index is 0.284. The third kappa shape index (κ3) is 1.62. The van der Waals surface area contributed by atoms with E-state index in [4.69, 9.17) is 17.3 Å². The summed E-state index contributed by atoms with van der Waals surface area (Å²) in [5.74, 6) is 0.574. The minimum Gasteiger partial charge on any atom is -0.399 e. The number of anilines is 1. The Morgan fingerprint density at radius 1 is 1.23 bits per heavy atom. The lowest BCUT2D eigenvalue weighted by Crippen LogP contribution is -1.84. The molecule has 4 nitrogen and oxygen atoms in total. The van der Waals surface area contributed by atoms with Crippen molar-refractivity contribution >= 4 is 17.3 Å². The van der Waals surface area contributed by atoms with E-state index >= 15 is 0 Å². The van der Waals surface area contributed by atoms with E-state index in [0.717, 1.165) is 5.56 Å². The Balaban J connectivity index is 2.41. The Morgan fingerprint density at radius 2 is 1.92 bits per heavy atom. The quantitative estimate of drug-likeness (QED) is 0.679. The average molecular weight is 195 g/mol. The molecule has 0 unspecified atom stereocenters. The van der Waals surface area contributed by atoms with Crippen LogP contribution < -0.4 is 5.73 Å². The molecule has 0 spiro atoms. The van der Waals surface area contributed by atoms with Gasteiger partial charge in [-0.2, -0.15) is 10.1 Å². The predicted octanol–water partition coefficient (Wildman–Crippen LogP) is 1.71. The fraction of sp³-hybridized carbons (Fsp3) is 0. The summed E-state index contributed by atoms with van der Waals surface area (Å²) >= 11 is 5.59. The van der Waals surface area contributed by atoms with Gasteiger partial charge in [0.25, 0.3) is 0 Å². The third-order valence-corrected chi connectivity index (χ3v) is 1.80. The molecular weight excluding hydrogens is 188 g/mol. The molecule has 1 aromatic carbocycles. The van der Waals surface area contributed by atoms with E-state index in [-0.39, 0.29) is 5.28 Å². The van der Waals surface area contributed by atoms with Crippen molar-refractivity contribution in [1.29, 1.82) is 0 Å². The maximum absolute atomic E-state index is 5.59. The summed E-state index contributed by atoms with van der Waals surface area (Å²) in [5.41, 5.74) is 7.14. The number of nitrogens with zero attached hydrogens (tertiary/aromatic N) is 2. The van der Waals surface area contributed by atoms with Crippen molar-refractivity contribution in [2.75, 3.05) is 5.73 Å². The maximum Gasteiger partial charge on any atom is 0.218 e. The summed E-state index contributed by atoms with van der Waals surface area (Å²) in [7, 11) is 0. The van der Waals surface area contributed by atoms with Crippen LogP contribution in [0.4, 0.5) is 5.69 Å². The van der Waals surface area contributed by atoms with Crippen LogP contribution in [0.25, 0.3) is 11.4 Å². The van der Waals surface area contributed by atoms with Gasteiger partial charge < -0.3 is 5.73 Å². The first-order chi connectivity index (χ1) is 6.25. The highest BCUT2D eigenvalue weighted by Gasteiger charge is 2.02. The lowest BCUT2D eigenvalue weighted by Gasteiger charge is -1.94. The first-order valence-corrected chi connectivity index (χ1v) is 4.07. The van der Waals surface area contributed by atoms with Gasteiger partial charge in [0, 0.05) is 11.3 Å². The highest BCUT2D eigenvalue weighted by molar-refractivity contribution is 6.28. The minimum absolute atomic E-state index is 0.284. The molecule has 2 rings (SSSR count). The van der Waals surface area contributed by atoms with Crippen LogP contribution in [0.5, 0.6) is 0 Å². The first kappa shape index (κ1) is 8.07. The molecule has 0 amide bonds. The lowest BCUT2D eigenvalue weighted by atomic mass is 10.2. The maximum atomic E-state index is 5.59. The molecule has 3 N–H and O–H groups in total. The van der Waals surface area contributed by atoms with E-state index in [1.165, 1.54) is 0 Å². The molecule has 0 saturated carbocycles. The Hall–Kier alpha value is -1.55. The van der Waals surface area contributed by atoms with Gasteiger partial charge in [0.05, 0.1) is 0 Å². The van der Waals surface area contributed by atoms with E-state index in [1.807, 2.05) is 12.1 Å². The number of benzene rings is 1. The van der Waals surface area contributed by atoms with Crippen LogP contribution in [0.1, 0.15) is 0 Å². The number of nitrogen functional groups attached to an aromatic ring is 1. The largest absolute Gasteiger partial charge is 0.399 e. The van der Waals surface area contributed by atoms with Crippen molar-refractivity contribution < 1.29 is 0 Å². The summed E-state index contributed by atoms with van der Waals surface area (Å²) in [6.45, 7) is 0. The molecule has 0 saturated heterocycles. The normalized spacial score (nSPS) is 10.2. The predicted molar refractivity (Wildman–Crippen MR) is 51.2 cm³/mol. The number of nitrogens with two attached hydrogens (primary N) is 1. The molecule has 1 heterocycles. The van der Waals surface area contributed by atoms with Crippen molar-refractivity contribution in [2.45, 2.75) is 0 Å². The number of halogens is 1. The first-order valence-electron chi connectivity index (χ1n) is 3.69. The number of hydrogen-bond donors (Lipinski definition) is 2. The summed E-state index contributed by atoms with van der Waals surface area (Å²) in [4.78, 5) is 3.97. The highest BCUT2D eigenvalue weighted by Crippen LogP contribution is 2.16. The zero-order valence-electron chi connectivity index (χ0n) is 6.66. The van der Waals surface area contributed by atoms with Crippen LogP contribution in [0.2, 0.25) is 5.28 Å². The van der Waals surface area contributed by atoms with E-state index < -0.39 is 0 Å². The number of H-pyrrole nitrogens is 1. The number of aromatic amines is 1. The van der Waals surface area contributed by atoms with Gasteiger partial charge >= 0.3 is 0 Å². The second-order valence-corrected chi connectivity index (χ2v) is 2.93. The number of aromatic nitrogens is 3. The van der Waals surface area contributed by atoms with Gasteiger partial charge in [-0.25, -0.2) is 5.10 Å². The number of rotatable bonds is 1. The summed E-state index contributed by atoms with van der Waals surface area (Å²) in [6, 6.07) is 7.27. The molecule has 2 aromatic rings. The van der Waals surface area contributed by atoms with Crippen molar-refractivity contribution in [2.24, 2.45) is 0 Å². The van der Waals surface area contributed by atoms with Gasteiger partial charge in [0.15, 0.2) is 5.82 Å². The fourth-order valence-corrected chi connectivity index (χ4v) is 1.13. The molecule has 13 heavy (non-hydrogen) atoms. The molecule has 0 aliphatic rings. The van der Waals surface area contributed by atoms with Gasteiger partial charge in [-0.15, -0.1) is 0 Å². The van der Waals surface area contributed by atoms with Gasteiger partial charge in [-0.05, 0) is 35.9 Å². The molecule has 5 heteroatoms. The molecule has 0 bridgehead atoms. The Kier molecular flexibility index (Phi) is 1.90. The molecule has 0 fully saturated rings. The van der Waals surface area contributed by atoms with Crippen molar-refractivity contribution in [3.63, 3.8) is 0 Å². The molecule has 66 valence electrons. The van der Waals surface area contributed by atoms with E-state index in [2.05, 4.69) is 15.2 Å². The molecule has 0 radical (unpaired) electrons. The van der Waals surface area contributed by atoms with Crippen molar-refractivity contribution in [3.05, 3.63) is 29.5 Å². The molecule has 0 aliphatic heterocycles. The Morgan fingerprint density at radius 3 is 2.46 bits per heavy atom. The summed E-state index contributed by atoms with van der Waals surface area (Å²) in [6.07, 6.45) is 0. The van der Waals surface area contributed by atoms with Crippen LogP contribution in [0, 0.1) is 0 Å². The van der Waals surface area contributed by atoms with Crippen molar-refractivity contribution in [1.82, 2.24) is 15.2 Å². The van der Waals surface area contributed by atoms with E-state index in [1.54, 1.807) is 12.1 Å². The van der Waals surface area contributed by atoms with Gasteiger partial charge in [-0.3, -0.25) is 0 Å². The van der Waals surface area contributed by atoms with Crippen LogP contribution in [0.15, 0.2) is 24.3 Å². The van der Waals surface area contributed by atoms with Gasteiger partial charge in [0.1, 0.15) is 0 Å². The number of nitrogens with one attached hydrogen (secondary N) is 1. The third-order valence-electron chi connectivity index (χ3n) is 1.63. The zero-order chi connectivity index (χ0) is 9.26. The summed E-state index contributed by atoms with van der Waals surface area (Å²) in [5, 5.41) is 6.75. The van der Waals surface area contributed by atoms with Gasteiger partial charge in [0.2, 0.25) is 5.28 Å². The average Bonchev–Trinajstić information content (AvgIpc) is 2.53. The second-order valence-electron chi connectivity index (χ2n) is 2.57. The topological polar surface area (TPSA) is 67.6 Å². The van der Waals surface area contributed by atoms with Crippen molar-refractivity contribution in [3.8, 4) is 11.4 Å². The monoisotopic (exact) mass is 194 g/mol. The Bertz CT molecular complexity index is 406. The smallest absolute Gasteiger partial charge is 0.218 e. The standard InChI is InChI=1S/C8H7ClN4/c9-8-11-7(12-13-8)5-1-3-6(10)4-2-5/h1-4H,10H2,(H,11,12,13). The van der Waals surface area contributed by atoms with E-state index in [9.17, 15) is 0 Å². The summed E-state index contributed by atoms with van der Waals surface area (Å²) < 4.78 is 0. The molecular formula is C8H7ClN4. The second kappa shape index (κ2) is 3.06. The SMILES string of the molecule is Nc1ccc(-c2n[nH]c(Cl)n2)cc1. The van der Waals surface area contributed by atoms with E-state index in [0.29, 0.717) is 11.5 Å². The van der Waals surface area contributed by atoms with Crippen LogP contribution >= 0.6 is 11.6 Å². The number of hydrogen-bond acceptors (Lipinski definition) is 3. The lowest BCUT2D eigenvalue weighted by molar-refractivity contribution is 1.10. The molecule has 0 atom stereocenters. The zero-order valence-corrected chi connectivity index (χ0v) is 7.42. The molecule has 0 aliphatic carbocycles. The van der Waals surface area contributed by atoms with Crippen LogP contribution in [-0.4, -0.2) is 15.2 Å². The molecule has 1 aromatic heterocycles. The fourth-order valence-electron chi connectivity index (χ4n) is 1.00. The highest BCUT2D eigenvalue weighted by atomic mass is 35.5. The van der Waals surface area contributed by atoms with Crippen LogP contribution in [0.3, 0.4) is 0 Å². The Labute approximate surface area is 79.7 Å².